The molecule has 1 aliphatic heterocycles. The molecule has 0 aliphatic carbocycles. The Morgan fingerprint density at radius 1 is 1.08 bits per heavy atom. The summed E-state index contributed by atoms with van der Waals surface area (Å²) in [4.78, 5) is 26.3. The summed E-state index contributed by atoms with van der Waals surface area (Å²) >= 11 is 0. The molecule has 0 amide bonds. The number of hydrogen-bond acceptors (Lipinski definition) is 5. The molecule has 3 rings (SSSR count). The number of allylic oxidation sites excluding steroid dienone is 1. The molecular formula is C19H22N4O2. The summed E-state index contributed by atoms with van der Waals surface area (Å²) in [5.74, 6) is -0.418. The van der Waals surface area contributed by atoms with E-state index in [2.05, 4.69) is 27.4 Å². The normalized spacial score (nSPS) is 14.7. The van der Waals surface area contributed by atoms with Gasteiger partial charge in [0.1, 0.15) is 0 Å². The number of hydrogen-bond donors (Lipinski definition) is 1. The fraction of sp³-hybridized carbons (Fsp3) is 0.316. The average molecular weight is 338 g/mol. The average Bonchev–Trinajstić information content (AvgIpc) is 2.67. The zero-order valence-corrected chi connectivity index (χ0v) is 14.3. The van der Waals surface area contributed by atoms with Crippen LogP contribution in [0.2, 0.25) is 0 Å². The molecule has 2 heterocycles. The van der Waals surface area contributed by atoms with Crippen LogP contribution in [-0.2, 0) is 0 Å². The van der Waals surface area contributed by atoms with Crippen LogP contribution >= 0.6 is 0 Å². The third kappa shape index (κ3) is 3.96. The van der Waals surface area contributed by atoms with Crippen LogP contribution in [0.25, 0.3) is 5.69 Å². The summed E-state index contributed by atoms with van der Waals surface area (Å²) in [6, 6.07) is 9.40. The molecule has 0 atom stereocenters. The van der Waals surface area contributed by atoms with Gasteiger partial charge in [-0.1, -0.05) is 0 Å². The molecule has 1 saturated heterocycles. The van der Waals surface area contributed by atoms with Crippen LogP contribution in [0.5, 0.6) is 0 Å². The molecule has 1 aromatic heterocycles. The van der Waals surface area contributed by atoms with Gasteiger partial charge in [-0.25, -0.2) is 4.68 Å². The number of rotatable bonds is 5. The van der Waals surface area contributed by atoms with Crippen molar-refractivity contribution in [2.75, 3.05) is 25.0 Å². The molecule has 6 heteroatoms. The van der Waals surface area contributed by atoms with E-state index in [1.807, 2.05) is 12.1 Å². The molecule has 0 unspecified atom stereocenters. The van der Waals surface area contributed by atoms with Crippen molar-refractivity contribution in [1.29, 1.82) is 0 Å². The predicted molar refractivity (Wildman–Crippen MR) is 98.4 cm³/mol. The van der Waals surface area contributed by atoms with Gasteiger partial charge in [-0.15, -0.1) is 0 Å². The highest BCUT2D eigenvalue weighted by atomic mass is 16.1. The fourth-order valence-corrected chi connectivity index (χ4v) is 2.93. The topological polar surface area (TPSA) is 67.2 Å². The summed E-state index contributed by atoms with van der Waals surface area (Å²) in [5, 5.41) is 6.93. The third-order valence-corrected chi connectivity index (χ3v) is 4.28. The number of carbonyl (C=O) groups excluding carboxylic acids is 1. The van der Waals surface area contributed by atoms with Crippen LogP contribution < -0.4 is 15.6 Å². The number of nitrogens with one attached hydrogen (secondary N) is 1. The smallest absolute Gasteiger partial charge is 0.211 e. The highest BCUT2D eigenvalue weighted by Gasteiger charge is 2.12. The van der Waals surface area contributed by atoms with Crippen molar-refractivity contribution in [2.24, 2.45) is 0 Å². The maximum Gasteiger partial charge on any atom is 0.211 e. The number of piperidine rings is 1. The molecule has 1 aromatic carbocycles. The van der Waals surface area contributed by atoms with E-state index >= 15 is 0 Å². The lowest BCUT2D eigenvalue weighted by Gasteiger charge is -2.28. The Morgan fingerprint density at radius 2 is 1.76 bits per heavy atom. The molecule has 6 nitrogen and oxygen atoms in total. The molecule has 1 aliphatic rings. The van der Waals surface area contributed by atoms with E-state index in [-0.39, 0.29) is 11.1 Å². The van der Waals surface area contributed by atoms with Gasteiger partial charge in [0.05, 0.1) is 5.69 Å². The Bertz CT molecular complexity index is 818. The van der Waals surface area contributed by atoms with E-state index in [0.29, 0.717) is 0 Å². The molecular weight excluding hydrogens is 316 g/mol. The highest BCUT2D eigenvalue weighted by molar-refractivity contribution is 6.02. The second-order valence-electron chi connectivity index (χ2n) is 6.02. The van der Waals surface area contributed by atoms with Crippen molar-refractivity contribution in [3.05, 3.63) is 64.7 Å². The van der Waals surface area contributed by atoms with Gasteiger partial charge in [-0.05, 0) is 43.5 Å². The van der Waals surface area contributed by atoms with Gasteiger partial charge in [-0.3, -0.25) is 9.59 Å². The van der Waals surface area contributed by atoms with Crippen molar-refractivity contribution >= 4 is 11.5 Å². The second kappa shape index (κ2) is 7.79. The number of nitrogens with zero attached hydrogens (tertiary/aromatic N) is 3. The molecule has 0 bridgehead atoms. The van der Waals surface area contributed by atoms with Crippen molar-refractivity contribution < 1.29 is 4.79 Å². The van der Waals surface area contributed by atoms with Crippen molar-refractivity contribution in [2.45, 2.75) is 19.3 Å². The van der Waals surface area contributed by atoms with E-state index < -0.39 is 5.78 Å². The molecule has 0 saturated carbocycles. The minimum Gasteiger partial charge on any atom is -0.394 e. The number of anilines is 1. The maximum atomic E-state index is 12.1. The van der Waals surface area contributed by atoms with Gasteiger partial charge in [0.25, 0.3) is 0 Å². The predicted octanol–water partition coefficient (Wildman–Crippen LogP) is 2.14. The van der Waals surface area contributed by atoms with Crippen LogP contribution in [0.3, 0.4) is 0 Å². The SMILES string of the molecule is CNC=CC(=O)c1nn(-c2ccc(N3CCCCC3)cc2)ccc1=O. The number of ketones is 1. The molecule has 1 N–H and O–H groups in total. The van der Waals surface area contributed by atoms with Gasteiger partial charge in [0.2, 0.25) is 11.2 Å². The first kappa shape index (κ1) is 17.0. The Kier molecular flexibility index (Phi) is 5.28. The lowest BCUT2D eigenvalue weighted by molar-refractivity contribution is 0.103. The van der Waals surface area contributed by atoms with E-state index in [1.165, 1.54) is 43.3 Å². The standard InChI is InChI=1S/C19H22N4O2/c1-20-11-9-17(24)19-18(25)10-14-23(21-19)16-7-5-15(6-8-16)22-12-3-2-4-13-22/h5-11,14,20H,2-4,12-13H2,1H3. The van der Waals surface area contributed by atoms with Gasteiger partial charge < -0.3 is 10.2 Å². The van der Waals surface area contributed by atoms with Crippen LogP contribution in [0.1, 0.15) is 29.8 Å². The Balaban J connectivity index is 1.85. The zero-order chi connectivity index (χ0) is 17.6. The number of carbonyl (C=O) groups is 1. The van der Waals surface area contributed by atoms with Crippen molar-refractivity contribution in [1.82, 2.24) is 15.1 Å². The summed E-state index contributed by atoms with van der Waals surface area (Å²) in [6.07, 6.45) is 8.12. The first-order valence-electron chi connectivity index (χ1n) is 8.52. The second-order valence-corrected chi connectivity index (χ2v) is 6.02. The molecule has 0 spiro atoms. The Hall–Kier alpha value is -2.89. The molecule has 1 fully saturated rings. The molecule has 25 heavy (non-hydrogen) atoms. The Morgan fingerprint density at radius 3 is 2.44 bits per heavy atom. The van der Waals surface area contributed by atoms with E-state index in [9.17, 15) is 9.59 Å². The van der Waals surface area contributed by atoms with Crippen LogP contribution in [0.4, 0.5) is 5.69 Å². The minimum atomic E-state index is -0.418. The van der Waals surface area contributed by atoms with Gasteiger partial charge in [0, 0.05) is 50.4 Å². The van der Waals surface area contributed by atoms with Crippen LogP contribution in [0.15, 0.2) is 53.6 Å². The highest BCUT2D eigenvalue weighted by Crippen LogP contribution is 2.21. The first-order chi connectivity index (χ1) is 12.2. The lowest BCUT2D eigenvalue weighted by atomic mass is 10.1. The summed E-state index contributed by atoms with van der Waals surface area (Å²) in [5.41, 5.74) is 1.53. The molecule has 2 aromatic rings. The largest absolute Gasteiger partial charge is 0.394 e. The first-order valence-corrected chi connectivity index (χ1v) is 8.52. The van der Waals surface area contributed by atoms with Crippen LogP contribution in [-0.4, -0.2) is 35.7 Å². The third-order valence-electron chi connectivity index (χ3n) is 4.28. The van der Waals surface area contributed by atoms with Crippen molar-refractivity contribution in [3.8, 4) is 5.69 Å². The minimum absolute atomic E-state index is 0.0888. The van der Waals surface area contributed by atoms with Crippen molar-refractivity contribution in [3.63, 3.8) is 0 Å². The summed E-state index contributed by atoms with van der Waals surface area (Å²) in [6.45, 7) is 2.18. The molecule has 130 valence electrons. The van der Waals surface area contributed by atoms with E-state index in [4.69, 9.17) is 0 Å². The number of benzene rings is 1. The quantitative estimate of drug-likeness (QED) is 0.668. The zero-order valence-electron chi connectivity index (χ0n) is 14.3. The van der Waals surface area contributed by atoms with Gasteiger partial charge in [-0.2, -0.15) is 5.10 Å². The lowest BCUT2D eigenvalue weighted by Crippen LogP contribution is -2.29. The number of aromatic nitrogens is 2. The monoisotopic (exact) mass is 338 g/mol. The summed E-state index contributed by atoms with van der Waals surface area (Å²) in [7, 11) is 1.68. The summed E-state index contributed by atoms with van der Waals surface area (Å²) < 4.78 is 1.56. The van der Waals surface area contributed by atoms with E-state index in [1.54, 1.807) is 17.9 Å². The molecule has 0 radical (unpaired) electrons. The van der Waals surface area contributed by atoms with Gasteiger partial charge >= 0.3 is 0 Å². The maximum absolute atomic E-state index is 12.1. The van der Waals surface area contributed by atoms with Gasteiger partial charge in [0.15, 0.2) is 5.69 Å². The van der Waals surface area contributed by atoms with Crippen LogP contribution in [0, 0.1) is 0 Å². The Labute approximate surface area is 146 Å². The fourth-order valence-electron chi connectivity index (χ4n) is 2.93. The van der Waals surface area contributed by atoms with E-state index in [0.717, 1.165) is 18.8 Å².